The molecule has 0 amide bonds. The molecule has 0 radical (unpaired) electrons. The highest BCUT2D eigenvalue weighted by molar-refractivity contribution is 5.78. The van der Waals surface area contributed by atoms with Crippen LogP contribution >= 0.6 is 0 Å². The molecule has 1 atom stereocenters. The molecule has 3 aromatic rings. The van der Waals surface area contributed by atoms with E-state index in [2.05, 4.69) is 10.4 Å². The van der Waals surface area contributed by atoms with Crippen molar-refractivity contribution < 1.29 is 8.81 Å². The molecule has 0 aliphatic rings. The van der Waals surface area contributed by atoms with Crippen molar-refractivity contribution in [1.82, 2.24) is 10.4 Å². The number of halogens is 1. The smallest absolute Gasteiger partial charge is 0.134 e. The number of hydrogen-bond donors (Lipinski definition) is 2. The molecule has 0 bridgehead atoms. The number of nitrogens with one attached hydrogen (secondary N) is 1. The van der Waals surface area contributed by atoms with Crippen molar-refractivity contribution in [1.29, 1.82) is 0 Å². The minimum absolute atomic E-state index is 0.295. The second kappa shape index (κ2) is 5.03. The summed E-state index contributed by atoms with van der Waals surface area (Å²) in [5.41, 5.74) is 5.11. The molecule has 0 aliphatic carbocycles. The second-order valence-corrected chi connectivity index (χ2v) is 4.64. The number of fused-ring (bicyclic) bond motifs is 1. The maximum Gasteiger partial charge on any atom is 0.134 e. The maximum atomic E-state index is 13.2. The topological polar surface area (TPSA) is 64.1 Å². The number of pyridine rings is 1. The summed E-state index contributed by atoms with van der Waals surface area (Å²) in [4.78, 5) is 4.34. The molecule has 2 heterocycles. The molecule has 2 aromatic heterocycles. The van der Waals surface area contributed by atoms with Gasteiger partial charge >= 0.3 is 0 Å². The van der Waals surface area contributed by atoms with Crippen LogP contribution in [0, 0.1) is 12.7 Å². The summed E-state index contributed by atoms with van der Waals surface area (Å²) in [6.45, 7) is 1.95. The molecule has 4 nitrogen and oxygen atoms in total. The van der Waals surface area contributed by atoms with Crippen molar-refractivity contribution >= 4 is 11.0 Å². The van der Waals surface area contributed by atoms with Gasteiger partial charge in [-0.2, -0.15) is 0 Å². The van der Waals surface area contributed by atoms with E-state index in [1.165, 1.54) is 12.1 Å². The average molecular weight is 271 g/mol. The zero-order chi connectivity index (χ0) is 14.1. The molecule has 0 saturated heterocycles. The van der Waals surface area contributed by atoms with Crippen LogP contribution < -0.4 is 11.3 Å². The quantitative estimate of drug-likeness (QED) is 0.568. The molecule has 3 N–H and O–H groups in total. The maximum absolute atomic E-state index is 13.2. The first-order valence-corrected chi connectivity index (χ1v) is 6.25. The van der Waals surface area contributed by atoms with Gasteiger partial charge < -0.3 is 4.42 Å². The van der Waals surface area contributed by atoms with Crippen LogP contribution in [0.1, 0.15) is 23.1 Å². The molecule has 0 aliphatic heterocycles. The highest BCUT2D eigenvalue weighted by Gasteiger charge is 2.20. The van der Waals surface area contributed by atoms with Gasteiger partial charge in [0.25, 0.3) is 0 Å². The van der Waals surface area contributed by atoms with E-state index < -0.39 is 0 Å². The number of aromatic nitrogens is 1. The van der Waals surface area contributed by atoms with E-state index in [4.69, 9.17) is 10.3 Å². The van der Waals surface area contributed by atoms with Gasteiger partial charge in [-0.25, -0.2) is 9.82 Å². The van der Waals surface area contributed by atoms with Crippen LogP contribution in [0.5, 0.6) is 0 Å². The van der Waals surface area contributed by atoms with E-state index in [0.29, 0.717) is 16.7 Å². The summed E-state index contributed by atoms with van der Waals surface area (Å²) in [5.74, 6) is 5.94. The van der Waals surface area contributed by atoms with Crippen molar-refractivity contribution in [2.45, 2.75) is 13.0 Å². The molecule has 102 valence electrons. The number of rotatable bonds is 3. The Hall–Kier alpha value is -2.24. The van der Waals surface area contributed by atoms with Gasteiger partial charge in [0, 0.05) is 11.6 Å². The Morgan fingerprint density at radius 3 is 2.90 bits per heavy atom. The van der Waals surface area contributed by atoms with Crippen molar-refractivity contribution in [2.75, 3.05) is 0 Å². The molecule has 3 rings (SSSR count). The van der Waals surface area contributed by atoms with Crippen molar-refractivity contribution in [2.24, 2.45) is 5.84 Å². The Kier molecular flexibility index (Phi) is 3.22. The van der Waals surface area contributed by atoms with E-state index in [0.717, 1.165) is 11.3 Å². The monoisotopic (exact) mass is 271 g/mol. The van der Waals surface area contributed by atoms with E-state index >= 15 is 0 Å². The second-order valence-electron chi connectivity index (χ2n) is 4.64. The highest BCUT2D eigenvalue weighted by atomic mass is 19.1. The Morgan fingerprint density at radius 1 is 1.30 bits per heavy atom. The number of nitrogens with zero attached hydrogens (tertiary/aromatic N) is 1. The molecule has 20 heavy (non-hydrogen) atoms. The van der Waals surface area contributed by atoms with Crippen LogP contribution in [0.3, 0.4) is 0 Å². The Balaban J connectivity index is 2.10. The molecule has 1 unspecified atom stereocenters. The largest absolute Gasteiger partial charge is 0.459 e. The van der Waals surface area contributed by atoms with Crippen molar-refractivity contribution in [3.63, 3.8) is 0 Å². The van der Waals surface area contributed by atoms with Gasteiger partial charge in [0.2, 0.25) is 0 Å². The molecule has 0 fully saturated rings. The molecule has 0 saturated carbocycles. The van der Waals surface area contributed by atoms with Crippen LogP contribution in [0.4, 0.5) is 4.39 Å². The fraction of sp³-hybridized carbons (Fsp3) is 0.133. The number of hydrazine groups is 1. The lowest BCUT2D eigenvalue weighted by Gasteiger charge is -2.14. The first-order chi connectivity index (χ1) is 9.69. The van der Waals surface area contributed by atoms with Gasteiger partial charge in [-0.1, -0.05) is 6.07 Å². The molecular weight excluding hydrogens is 257 g/mol. The Morgan fingerprint density at radius 2 is 2.15 bits per heavy atom. The zero-order valence-corrected chi connectivity index (χ0v) is 10.9. The van der Waals surface area contributed by atoms with Crippen LogP contribution in [0.25, 0.3) is 11.0 Å². The van der Waals surface area contributed by atoms with Crippen LogP contribution in [0.15, 0.2) is 47.0 Å². The van der Waals surface area contributed by atoms with Gasteiger partial charge in [0.05, 0.1) is 5.69 Å². The number of hydrogen-bond acceptors (Lipinski definition) is 4. The third-order valence-corrected chi connectivity index (χ3v) is 3.27. The third-order valence-electron chi connectivity index (χ3n) is 3.27. The number of furan rings is 1. The lowest BCUT2D eigenvalue weighted by Crippen LogP contribution is -2.29. The van der Waals surface area contributed by atoms with E-state index in [1.54, 1.807) is 18.3 Å². The van der Waals surface area contributed by atoms with Crippen molar-refractivity contribution in [3.05, 3.63) is 65.4 Å². The average Bonchev–Trinajstić information content (AvgIpc) is 2.84. The summed E-state index contributed by atoms with van der Waals surface area (Å²) in [7, 11) is 0. The minimum atomic E-state index is -0.369. The van der Waals surface area contributed by atoms with E-state index in [1.807, 2.05) is 19.1 Å². The van der Waals surface area contributed by atoms with Gasteiger partial charge in [-0.05, 0) is 42.8 Å². The normalized spacial score (nSPS) is 12.8. The lowest BCUT2D eigenvalue weighted by atomic mass is 10.1. The Bertz CT molecular complexity index is 754. The summed E-state index contributed by atoms with van der Waals surface area (Å²) in [5, 5.41) is 0.703. The summed E-state index contributed by atoms with van der Waals surface area (Å²) in [6, 6.07) is 9.62. The fourth-order valence-corrected chi connectivity index (χ4v) is 2.27. The fourth-order valence-electron chi connectivity index (χ4n) is 2.27. The summed E-state index contributed by atoms with van der Waals surface area (Å²) in [6.07, 6.45) is 1.70. The number of nitrogens with two attached hydrogens (primary N) is 1. The SMILES string of the molecule is Cc1cccnc1C(NN)c1cc2cc(F)ccc2o1. The van der Waals surface area contributed by atoms with Gasteiger partial charge in [0.15, 0.2) is 0 Å². The minimum Gasteiger partial charge on any atom is -0.459 e. The Labute approximate surface area is 115 Å². The van der Waals surface area contributed by atoms with Crippen LogP contribution in [-0.4, -0.2) is 4.98 Å². The molecule has 5 heteroatoms. The lowest BCUT2D eigenvalue weighted by molar-refractivity contribution is 0.470. The third kappa shape index (κ3) is 2.17. The van der Waals surface area contributed by atoms with Crippen LogP contribution in [-0.2, 0) is 0 Å². The first-order valence-electron chi connectivity index (χ1n) is 6.25. The van der Waals surface area contributed by atoms with Gasteiger partial charge in [-0.3, -0.25) is 10.8 Å². The predicted octanol–water partition coefficient (Wildman–Crippen LogP) is 2.83. The van der Waals surface area contributed by atoms with E-state index in [-0.39, 0.29) is 11.9 Å². The molecular formula is C15H14FN3O. The summed E-state index contributed by atoms with van der Waals surface area (Å²) >= 11 is 0. The standard InChI is InChI=1S/C15H14FN3O/c1-9-3-2-6-18-14(9)15(19-17)13-8-10-7-11(16)4-5-12(10)20-13/h2-8,15,19H,17H2,1H3. The molecule has 1 aromatic carbocycles. The first kappa shape index (κ1) is 12.8. The van der Waals surface area contributed by atoms with Crippen LogP contribution in [0.2, 0.25) is 0 Å². The van der Waals surface area contributed by atoms with E-state index in [9.17, 15) is 4.39 Å². The van der Waals surface area contributed by atoms with Gasteiger partial charge in [-0.15, -0.1) is 0 Å². The van der Waals surface area contributed by atoms with Crippen molar-refractivity contribution in [3.8, 4) is 0 Å². The number of aryl methyl sites for hydroxylation is 1. The number of benzene rings is 1. The highest BCUT2D eigenvalue weighted by Crippen LogP contribution is 2.28. The molecule has 0 spiro atoms. The predicted molar refractivity (Wildman–Crippen MR) is 74.3 cm³/mol. The zero-order valence-electron chi connectivity index (χ0n) is 10.9. The summed E-state index contributed by atoms with van der Waals surface area (Å²) < 4.78 is 19.0. The van der Waals surface area contributed by atoms with Gasteiger partial charge in [0.1, 0.15) is 23.2 Å².